The second kappa shape index (κ2) is 7.88. The molecule has 0 bridgehead atoms. The maximum Gasteiger partial charge on any atom is 0.249 e. The van der Waals surface area contributed by atoms with E-state index in [-0.39, 0.29) is 18.1 Å². The number of hydrogen-bond donors (Lipinski definition) is 1. The Hall–Kier alpha value is -0.750. The summed E-state index contributed by atoms with van der Waals surface area (Å²) in [5.74, 6) is 0.913. The summed E-state index contributed by atoms with van der Waals surface area (Å²) in [5, 5.41) is 3.80. The first-order valence-electron chi connectivity index (χ1n) is 8.09. The first-order valence-corrected chi connectivity index (χ1v) is 9.45. The van der Waals surface area contributed by atoms with Gasteiger partial charge in [-0.2, -0.15) is 0 Å². The van der Waals surface area contributed by atoms with E-state index < -0.39 is 6.10 Å². The summed E-state index contributed by atoms with van der Waals surface area (Å²) in [6.07, 6.45) is 2.65. The number of nitrogens with one attached hydrogen (secondary N) is 1. The molecular weight excluding hydrogens is 334 g/mol. The molecule has 1 aromatic rings. The summed E-state index contributed by atoms with van der Waals surface area (Å²) in [6, 6.07) is 5.88. The number of ether oxygens (including phenoxy) is 2. The minimum atomic E-state index is -0.476. The van der Waals surface area contributed by atoms with Crippen molar-refractivity contribution in [2.24, 2.45) is 0 Å². The second-order valence-corrected chi connectivity index (χ2v) is 7.56. The van der Waals surface area contributed by atoms with Crippen LogP contribution in [0.15, 0.2) is 23.1 Å². The molecule has 0 spiro atoms. The van der Waals surface area contributed by atoms with Crippen LogP contribution in [0.3, 0.4) is 0 Å². The summed E-state index contributed by atoms with van der Waals surface area (Å²) in [7, 11) is 0. The van der Waals surface area contributed by atoms with Crippen molar-refractivity contribution >= 4 is 29.3 Å². The fourth-order valence-electron chi connectivity index (χ4n) is 2.91. The number of halogens is 1. The maximum absolute atomic E-state index is 12.4. The van der Waals surface area contributed by atoms with Crippen molar-refractivity contribution in [2.75, 3.05) is 19.0 Å². The van der Waals surface area contributed by atoms with E-state index in [0.717, 1.165) is 37.2 Å². The molecule has 1 aromatic carbocycles. The van der Waals surface area contributed by atoms with Gasteiger partial charge < -0.3 is 14.8 Å². The summed E-state index contributed by atoms with van der Waals surface area (Å²) in [6.45, 7) is 3.07. The number of fused-ring (bicyclic) bond motifs is 1. The largest absolute Gasteiger partial charge is 0.376 e. The Morgan fingerprint density at radius 3 is 3.17 bits per heavy atom. The molecule has 1 saturated heterocycles. The number of amides is 1. The van der Waals surface area contributed by atoms with E-state index in [1.54, 1.807) is 18.7 Å². The number of rotatable bonds is 5. The lowest BCUT2D eigenvalue weighted by atomic mass is 10.0. The van der Waals surface area contributed by atoms with Crippen molar-refractivity contribution in [3.63, 3.8) is 0 Å². The lowest BCUT2D eigenvalue weighted by Gasteiger charge is -2.27. The highest BCUT2D eigenvalue weighted by Crippen LogP contribution is 2.37. The van der Waals surface area contributed by atoms with E-state index >= 15 is 0 Å². The van der Waals surface area contributed by atoms with Crippen molar-refractivity contribution in [1.29, 1.82) is 0 Å². The van der Waals surface area contributed by atoms with E-state index in [2.05, 4.69) is 5.32 Å². The molecule has 0 radical (unpaired) electrons. The van der Waals surface area contributed by atoms with Gasteiger partial charge in [0.25, 0.3) is 0 Å². The Balaban J connectivity index is 1.56. The SMILES string of the molecule is C[C@H](OC[C@H]1CCCO1)C(=O)N[C@@H]1CCSc2ccc(Cl)cc21. The van der Waals surface area contributed by atoms with Crippen LogP contribution in [0.2, 0.25) is 5.02 Å². The van der Waals surface area contributed by atoms with Crippen molar-refractivity contribution in [3.8, 4) is 0 Å². The molecule has 0 unspecified atom stereocenters. The first-order chi connectivity index (χ1) is 11.1. The highest BCUT2D eigenvalue weighted by molar-refractivity contribution is 7.99. The smallest absolute Gasteiger partial charge is 0.249 e. The van der Waals surface area contributed by atoms with Crippen LogP contribution in [0, 0.1) is 0 Å². The average molecular weight is 356 g/mol. The monoisotopic (exact) mass is 355 g/mol. The molecule has 23 heavy (non-hydrogen) atoms. The third-order valence-electron chi connectivity index (χ3n) is 4.25. The lowest BCUT2D eigenvalue weighted by Crippen LogP contribution is -2.39. The van der Waals surface area contributed by atoms with Gasteiger partial charge in [-0.05, 0) is 49.9 Å². The molecule has 6 heteroatoms. The molecule has 1 fully saturated rings. The molecule has 4 nitrogen and oxygen atoms in total. The zero-order valence-electron chi connectivity index (χ0n) is 13.2. The van der Waals surface area contributed by atoms with Gasteiger partial charge in [0, 0.05) is 22.3 Å². The zero-order valence-corrected chi connectivity index (χ0v) is 14.8. The summed E-state index contributed by atoms with van der Waals surface area (Å²) in [5.41, 5.74) is 1.11. The minimum absolute atomic E-state index is 0.00577. The van der Waals surface area contributed by atoms with E-state index in [1.807, 2.05) is 18.2 Å². The number of carbonyl (C=O) groups excluding carboxylic acids is 1. The van der Waals surface area contributed by atoms with Gasteiger partial charge in [-0.3, -0.25) is 4.79 Å². The van der Waals surface area contributed by atoms with Crippen LogP contribution in [-0.4, -0.2) is 37.1 Å². The molecule has 1 N–H and O–H groups in total. The predicted octanol–water partition coefficient (Wildman–Crippen LogP) is 3.58. The third kappa shape index (κ3) is 4.41. The van der Waals surface area contributed by atoms with Crippen LogP contribution in [0.1, 0.15) is 37.8 Å². The lowest BCUT2D eigenvalue weighted by molar-refractivity contribution is -0.134. The topological polar surface area (TPSA) is 47.6 Å². The van der Waals surface area contributed by atoms with E-state index in [1.165, 1.54) is 4.90 Å². The highest BCUT2D eigenvalue weighted by atomic mass is 35.5. The van der Waals surface area contributed by atoms with Crippen LogP contribution < -0.4 is 5.32 Å². The van der Waals surface area contributed by atoms with Crippen LogP contribution >= 0.6 is 23.4 Å². The fourth-order valence-corrected chi connectivity index (χ4v) is 4.19. The van der Waals surface area contributed by atoms with Gasteiger partial charge in [-0.1, -0.05) is 11.6 Å². The average Bonchev–Trinajstić information content (AvgIpc) is 3.06. The van der Waals surface area contributed by atoms with E-state index in [9.17, 15) is 4.79 Å². The Kier molecular flexibility index (Phi) is 5.85. The molecule has 0 aromatic heterocycles. The summed E-state index contributed by atoms with van der Waals surface area (Å²) >= 11 is 7.91. The highest BCUT2D eigenvalue weighted by Gasteiger charge is 2.26. The van der Waals surface area contributed by atoms with Crippen LogP contribution in [-0.2, 0) is 14.3 Å². The van der Waals surface area contributed by atoms with Crippen molar-refractivity contribution < 1.29 is 14.3 Å². The minimum Gasteiger partial charge on any atom is -0.376 e. The van der Waals surface area contributed by atoms with Gasteiger partial charge in [-0.15, -0.1) is 11.8 Å². The summed E-state index contributed by atoms with van der Waals surface area (Å²) < 4.78 is 11.2. The molecule has 0 aliphatic carbocycles. The molecule has 3 rings (SSSR count). The standard InChI is InChI=1S/C17H22ClNO3S/c1-11(22-10-13-3-2-7-21-13)17(20)19-15-6-8-23-16-5-4-12(18)9-14(15)16/h4-5,9,11,13,15H,2-3,6-8,10H2,1H3,(H,19,20)/t11-,13+,15+/m0/s1. The van der Waals surface area contributed by atoms with Gasteiger partial charge in [0.2, 0.25) is 5.91 Å². The molecule has 2 aliphatic rings. The first kappa shape index (κ1) is 17.1. The van der Waals surface area contributed by atoms with Gasteiger partial charge in [0.1, 0.15) is 6.10 Å². The summed E-state index contributed by atoms with van der Waals surface area (Å²) in [4.78, 5) is 13.6. The van der Waals surface area contributed by atoms with Crippen molar-refractivity contribution in [3.05, 3.63) is 28.8 Å². The van der Waals surface area contributed by atoms with Gasteiger partial charge in [-0.25, -0.2) is 0 Å². The number of benzene rings is 1. The predicted molar refractivity (Wildman–Crippen MR) is 92.1 cm³/mol. The Morgan fingerprint density at radius 2 is 2.39 bits per heavy atom. The molecule has 1 amide bonds. The van der Waals surface area contributed by atoms with Crippen molar-refractivity contribution in [2.45, 2.75) is 49.3 Å². The Labute approximate surface area is 146 Å². The normalized spacial score (nSPS) is 25.0. The Morgan fingerprint density at radius 1 is 1.52 bits per heavy atom. The molecule has 126 valence electrons. The molecule has 2 heterocycles. The van der Waals surface area contributed by atoms with Crippen LogP contribution in [0.25, 0.3) is 0 Å². The van der Waals surface area contributed by atoms with E-state index in [4.69, 9.17) is 21.1 Å². The fraction of sp³-hybridized carbons (Fsp3) is 0.588. The second-order valence-electron chi connectivity index (χ2n) is 5.99. The van der Waals surface area contributed by atoms with Crippen molar-refractivity contribution in [1.82, 2.24) is 5.32 Å². The quantitative estimate of drug-likeness (QED) is 0.877. The van der Waals surface area contributed by atoms with Crippen LogP contribution in [0.5, 0.6) is 0 Å². The number of hydrogen-bond acceptors (Lipinski definition) is 4. The molecule has 0 saturated carbocycles. The number of carbonyl (C=O) groups is 1. The van der Waals surface area contributed by atoms with Crippen LogP contribution in [0.4, 0.5) is 0 Å². The third-order valence-corrected chi connectivity index (χ3v) is 5.61. The Bertz CT molecular complexity index is 563. The zero-order chi connectivity index (χ0) is 16.2. The maximum atomic E-state index is 12.4. The molecule has 2 aliphatic heterocycles. The molecular formula is C17H22ClNO3S. The number of thioether (sulfide) groups is 1. The van der Waals surface area contributed by atoms with Gasteiger partial charge in [0.05, 0.1) is 18.8 Å². The van der Waals surface area contributed by atoms with Gasteiger partial charge in [0.15, 0.2) is 0 Å². The molecule has 3 atom stereocenters. The van der Waals surface area contributed by atoms with E-state index in [0.29, 0.717) is 11.6 Å². The van der Waals surface area contributed by atoms with Gasteiger partial charge >= 0.3 is 0 Å².